The van der Waals surface area contributed by atoms with Gasteiger partial charge in [-0.3, -0.25) is 9.59 Å². The topological polar surface area (TPSA) is 58.2 Å². The van der Waals surface area contributed by atoms with Gasteiger partial charge >= 0.3 is 12.1 Å². The van der Waals surface area contributed by atoms with Crippen LogP contribution in [0, 0.1) is 6.92 Å². The highest BCUT2D eigenvalue weighted by Gasteiger charge is 2.38. The average molecular weight is 348 g/mol. The molecule has 0 fully saturated rings. The molecule has 2 rings (SSSR count). The average Bonchev–Trinajstić information content (AvgIpc) is 2.52. The second-order valence-corrected chi connectivity index (χ2v) is 5.27. The van der Waals surface area contributed by atoms with Crippen LogP contribution in [-0.4, -0.2) is 18.0 Å². The molecule has 0 aliphatic heterocycles. The quantitative estimate of drug-likeness (QED) is 0.816. The normalized spacial score (nSPS) is 11.4. The van der Waals surface area contributed by atoms with E-state index >= 15 is 0 Å². The highest BCUT2D eigenvalue weighted by Crippen LogP contribution is 2.20. The Hall–Kier alpha value is -3.09. The highest BCUT2D eigenvalue weighted by molar-refractivity contribution is 6.02. The minimum Gasteiger partial charge on any atom is -0.322 e. The van der Waals surface area contributed by atoms with Gasteiger partial charge in [-0.05, 0) is 36.8 Å². The summed E-state index contributed by atoms with van der Waals surface area (Å²) in [7, 11) is 0. The number of amides is 2. The Morgan fingerprint density at radius 1 is 0.960 bits per heavy atom. The lowest BCUT2D eigenvalue weighted by atomic mass is 10.1. The van der Waals surface area contributed by atoms with Crippen molar-refractivity contribution in [2.75, 3.05) is 10.6 Å². The molecule has 130 valence electrons. The van der Waals surface area contributed by atoms with Crippen molar-refractivity contribution >= 4 is 29.3 Å². The number of hydrogen-bond donors (Lipinski definition) is 2. The van der Waals surface area contributed by atoms with Gasteiger partial charge in [0.05, 0.1) is 0 Å². The monoisotopic (exact) mass is 348 g/mol. The Bertz CT molecular complexity index is 814. The Balaban J connectivity index is 2.01. The molecule has 2 N–H and O–H groups in total. The third-order valence-corrected chi connectivity index (χ3v) is 3.11. The van der Waals surface area contributed by atoms with E-state index < -0.39 is 18.0 Å². The summed E-state index contributed by atoms with van der Waals surface area (Å²) in [4.78, 5) is 22.8. The Morgan fingerprint density at radius 2 is 1.60 bits per heavy atom. The van der Waals surface area contributed by atoms with E-state index in [1.54, 1.807) is 11.4 Å². The smallest absolute Gasteiger partial charge is 0.322 e. The summed E-state index contributed by atoms with van der Waals surface area (Å²) in [6.07, 6.45) is -2.04. The molecule has 4 nitrogen and oxygen atoms in total. The summed E-state index contributed by atoms with van der Waals surface area (Å²) < 4.78 is 36.7. The first-order valence-electron chi connectivity index (χ1n) is 7.28. The minimum atomic E-state index is -4.98. The van der Waals surface area contributed by atoms with Crippen LogP contribution in [0.2, 0.25) is 0 Å². The van der Waals surface area contributed by atoms with E-state index in [0.717, 1.165) is 11.1 Å². The van der Waals surface area contributed by atoms with Crippen molar-refractivity contribution in [3.05, 3.63) is 65.7 Å². The molecular weight excluding hydrogens is 333 g/mol. The lowest BCUT2D eigenvalue weighted by molar-refractivity contribution is -0.167. The molecule has 0 aliphatic rings. The van der Waals surface area contributed by atoms with Crippen molar-refractivity contribution in [2.45, 2.75) is 13.1 Å². The number of nitrogens with one attached hydrogen (secondary N) is 2. The van der Waals surface area contributed by atoms with Crippen molar-refractivity contribution in [3.63, 3.8) is 0 Å². The fourth-order valence-corrected chi connectivity index (χ4v) is 2.01. The summed E-state index contributed by atoms with van der Waals surface area (Å²) in [6, 6.07) is 13.0. The predicted octanol–water partition coefficient (Wildman–Crippen LogP) is 4.15. The van der Waals surface area contributed by atoms with E-state index in [9.17, 15) is 22.8 Å². The number of rotatable bonds is 4. The molecule has 0 bridgehead atoms. The SMILES string of the molecule is Cc1cccc(/C=C/C(=O)Nc2cccc(NC(=O)C(F)(F)F)c2)c1. The van der Waals surface area contributed by atoms with Crippen LogP contribution in [0.25, 0.3) is 6.08 Å². The van der Waals surface area contributed by atoms with Crippen molar-refractivity contribution in [2.24, 2.45) is 0 Å². The Labute approximate surface area is 142 Å². The van der Waals surface area contributed by atoms with E-state index in [1.165, 1.54) is 30.3 Å². The molecule has 0 saturated heterocycles. The van der Waals surface area contributed by atoms with Crippen LogP contribution >= 0.6 is 0 Å². The first kappa shape index (κ1) is 18.3. The van der Waals surface area contributed by atoms with Gasteiger partial charge in [-0.1, -0.05) is 35.9 Å². The van der Waals surface area contributed by atoms with Gasteiger partial charge in [-0.2, -0.15) is 13.2 Å². The first-order valence-corrected chi connectivity index (χ1v) is 7.28. The van der Waals surface area contributed by atoms with Crippen LogP contribution in [0.3, 0.4) is 0 Å². The van der Waals surface area contributed by atoms with Crippen LogP contribution in [0.4, 0.5) is 24.5 Å². The summed E-state index contributed by atoms with van der Waals surface area (Å²) in [5, 5.41) is 4.25. The third kappa shape index (κ3) is 5.80. The molecule has 0 aliphatic carbocycles. The van der Waals surface area contributed by atoms with E-state index in [2.05, 4.69) is 5.32 Å². The summed E-state index contributed by atoms with van der Waals surface area (Å²) in [6.45, 7) is 1.93. The predicted molar refractivity (Wildman–Crippen MR) is 90.0 cm³/mol. The van der Waals surface area contributed by atoms with Crippen molar-refractivity contribution in [1.29, 1.82) is 0 Å². The van der Waals surface area contributed by atoms with E-state index in [0.29, 0.717) is 0 Å². The second kappa shape index (κ2) is 7.65. The standard InChI is InChI=1S/C18H15F3N2O2/c1-12-4-2-5-13(10-12)8-9-16(24)22-14-6-3-7-15(11-14)23-17(25)18(19,20)21/h2-11H,1H3,(H,22,24)(H,23,25)/b9-8+. The summed E-state index contributed by atoms with van der Waals surface area (Å²) in [5.74, 6) is -2.52. The molecule has 2 aromatic rings. The van der Waals surface area contributed by atoms with Crippen molar-refractivity contribution in [3.8, 4) is 0 Å². The minimum absolute atomic E-state index is 0.0669. The lowest BCUT2D eigenvalue weighted by Crippen LogP contribution is -2.29. The fraction of sp³-hybridized carbons (Fsp3) is 0.111. The molecule has 0 saturated carbocycles. The maximum Gasteiger partial charge on any atom is 0.471 e. The molecule has 0 radical (unpaired) electrons. The molecule has 2 amide bonds. The zero-order chi connectivity index (χ0) is 18.4. The van der Waals surface area contributed by atoms with Gasteiger partial charge < -0.3 is 10.6 Å². The number of alkyl halides is 3. The second-order valence-electron chi connectivity index (χ2n) is 5.27. The number of aryl methyl sites for hydroxylation is 1. The lowest BCUT2D eigenvalue weighted by Gasteiger charge is -2.09. The van der Waals surface area contributed by atoms with Crippen LogP contribution in [0.1, 0.15) is 11.1 Å². The molecule has 0 atom stereocenters. The highest BCUT2D eigenvalue weighted by atomic mass is 19.4. The number of hydrogen-bond acceptors (Lipinski definition) is 2. The number of carbonyl (C=O) groups excluding carboxylic acids is 2. The van der Waals surface area contributed by atoms with Gasteiger partial charge in [-0.15, -0.1) is 0 Å². The third-order valence-electron chi connectivity index (χ3n) is 3.11. The molecule has 0 aromatic heterocycles. The zero-order valence-corrected chi connectivity index (χ0v) is 13.2. The van der Waals surface area contributed by atoms with Crippen molar-refractivity contribution in [1.82, 2.24) is 0 Å². The Kier molecular flexibility index (Phi) is 5.59. The summed E-state index contributed by atoms with van der Waals surface area (Å²) in [5.41, 5.74) is 2.10. The molecule has 7 heteroatoms. The van der Waals surface area contributed by atoms with Gasteiger partial charge in [0.1, 0.15) is 0 Å². The van der Waals surface area contributed by atoms with E-state index in [1.807, 2.05) is 31.2 Å². The van der Waals surface area contributed by atoms with Gasteiger partial charge in [0, 0.05) is 17.5 Å². The maximum atomic E-state index is 12.2. The number of halogens is 3. The molecule has 0 unspecified atom stereocenters. The molecule has 25 heavy (non-hydrogen) atoms. The molecule has 0 spiro atoms. The van der Waals surface area contributed by atoms with Crippen LogP contribution in [0.5, 0.6) is 0 Å². The van der Waals surface area contributed by atoms with Crippen LogP contribution < -0.4 is 10.6 Å². The number of carbonyl (C=O) groups is 2. The Morgan fingerprint density at radius 3 is 2.24 bits per heavy atom. The van der Waals surface area contributed by atoms with Gasteiger partial charge in [0.2, 0.25) is 5.91 Å². The van der Waals surface area contributed by atoms with Crippen molar-refractivity contribution < 1.29 is 22.8 Å². The van der Waals surface area contributed by atoms with Crippen LogP contribution in [-0.2, 0) is 9.59 Å². The van der Waals surface area contributed by atoms with E-state index in [4.69, 9.17) is 0 Å². The molecule has 0 heterocycles. The fourth-order valence-electron chi connectivity index (χ4n) is 2.01. The van der Waals surface area contributed by atoms with E-state index in [-0.39, 0.29) is 11.4 Å². The largest absolute Gasteiger partial charge is 0.471 e. The van der Waals surface area contributed by atoms with Gasteiger partial charge in [-0.25, -0.2) is 0 Å². The molecule has 2 aromatic carbocycles. The number of anilines is 2. The van der Waals surface area contributed by atoms with Gasteiger partial charge in [0.15, 0.2) is 0 Å². The maximum absolute atomic E-state index is 12.2. The number of benzene rings is 2. The van der Waals surface area contributed by atoms with Crippen LogP contribution in [0.15, 0.2) is 54.6 Å². The summed E-state index contributed by atoms with van der Waals surface area (Å²) >= 11 is 0. The zero-order valence-electron chi connectivity index (χ0n) is 13.2. The first-order chi connectivity index (χ1) is 11.7. The van der Waals surface area contributed by atoms with Gasteiger partial charge in [0.25, 0.3) is 0 Å². The molecular formula is C18H15F3N2O2.